The Labute approximate surface area is 101 Å². The Kier molecular flexibility index (Phi) is 6.82. The lowest BCUT2D eigenvalue weighted by molar-refractivity contribution is 0.540. The molecule has 0 saturated heterocycles. The van der Waals surface area contributed by atoms with Crippen molar-refractivity contribution in [1.82, 2.24) is 5.43 Å². The van der Waals surface area contributed by atoms with Crippen LogP contribution in [0, 0.1) is 0 Å². The van der Waals surface area contributed by atoms with E-state index in [9.17, 15) is 0 Å². The van der Waals surface area contributed by atoms with Crippen LogP contribution < -0.4 is 10.4 Å². The topological polar surface area (TPSA) is 15.3 Å². The number of hydrazine groups is 1. The molecular formula is C14H26N2. The molecule has 1 heterocycles. The smallest absolute Gasteiger partial charge is 0.0555 e. The number of nitrogens with zero attached hydrogens (tertiary/aromatic N) is 1. The number of rotatable bonds is 1. The molecule has 0 aromatic heterocycles. The van der Waals surface area contributed by atoms with E-state index in [0.29, 0.717) is 6.04 Å². The minimum atomic E-state index is 0. The number of nitrogens with one attached hydrogen (secondary N) is 1. The van der Waals surface area contributed by atoms with Crippen molar-refractivity contribution in [1.29, 1.82) is 0 Å². The van der Waals surface area contributed by atoms with Crippen LogP contribution in [0.25, 0.3) is 0 Å². The summed E-state index contributed by atoms with van der Waals surface area (Å²) in [6, 6.07) is 9.12. The second kappa shape index (κ2) is 7.29. The van der Waals surface area contributed by atoms with Gasteiger partial charge >= 0.3 is 0 Å². The molecule has 1 aliphatic heterocycles. The number of hydrogen-bond donors (Lipinski definition) is 1. The zero-order valence-corrected chi connectivity index (χ0v) is 10.2. The highest BCUT2D eigenvalue weighted by Gasteiger charge is 2.17. The maximum atomic E-state index is 3.41. The quantitative estimate of drug-likeness (QED) is 0.780. The molecule has 0 fully saturated rings. The Balaban J connectivity index is 0.000000711. The molecule has 0 saturated carbocycles. The Morgan fingerprint density at radius 1 is 1.19 bits per heavy atom. The normalized spacial score (nSPS) is 13.4. The summed E-state index contributed by atoms with van der Waals surface area (Å²) in [5, 5.41) is 2.25. The summed E-state index contributed by atoms with van der Waals surface area (Å²) in [6.07, 6.45) is 1.14. The van der Waals surface area contributed by atoms with Crippen LogP contribution in [0.1, 0.15) is 40.7 Å². The van der Waals surface area contributed by atoms with Gasteiger partial charge in [-0.05, 0) is 31.9 Å². The SMILES string of the molecule is C.CC.CC(C)N1NCCc2ccccc21. The van der Waals surface area contributed by atoms with E-state index in [2.05, 4.69) is 48.5 Å². The van der Waals surface area contributed by atoms with Crippen molar-refractivity contribution in [2.45, 2.75) is 47.6 Å². The van der Waals surface area contributed by atoms with Gasteiger partial charge in [0.15, 0.2) is 0 Å². The molecule has 2 nitrogen and oxygen atoms in total. The Morgan fingerprint density at radius 3 is 2.44 bits per heavy atom. The van der Waals surface area contributed by atoms with Gasteiger partial charge in [-0.3, -0.25) is 0 Å². The van der Waals surface area contributed by atoms with Crippen LogP contribution in [0.4, 0.5) is 5.69 Å². The fourth-order valence-electron chi connectivity index (χ4n) is 1.81. The van der Waals surface area contributed by atoms with Crippen molar-refractivity contribution in [3.8, 4) is 0 Å². The van der Waals surface area contributed by atoms with E-state index in [0.717, 1.165) is 13.0 Å². The summed E-state index contributed by atoms with van der Waals surface area (Å²) < 4.78 is 0. The van der Waals surface area contributed by atoms with Crippen molar-refractivity contribution in [3.63, 3.8) is 0 Å². The fraction of sp³-hybridized carbons (Fsp3) is 0.571. The van der Waals surface area contributed by atoms with E-state index >= 15 is 0 Å². The maximum Gasteiger partial charge on any atom is 0.0555 e. The van der Waals surface area contributed by atoms with E-state index in [1.165, 1.54) is 11.3 Å². The highest BCUT2D eigenvalue weighted by atomic mass is 15.5. The molecule has 0 radical (unpaired) electrons. The molecule has 1 N–H and O–H groups in total. The maximum absolute atomic E-state index is 3.41. The second-order valence-corrected chi connectivity index (χ2v) is 3.75. The van der Waals surface area contributed by atoms with Gasteiger partial charge in [-0.1, -0.05) is 39.5 Å². The Hall–Kier alpha value is -1.02. The predicted octanol–water partition coefficient (Wildman–Crippen LogP) is 3.62. The average Bonchev–Trinajstić information content (AvgIpc) is 2.31. The third kappa shape index (κ3) is 3.24. The monoisotopic (exact) mass is 222 g/mol. The molecule has 0 atom stereocenters. The Bertz CT molecular complexity index is 295. The van der Waals surface area contributed by atoms with Crippen molar-refractivity contribution < 1.29 is 0 Å². The summed E-state index contributed by atoms with van der Waals surface area (Å²) in [6.45, 7) is 9.46. The standard InChI is InChI=1S/C11H16N2.C2H6.CH4/c1-9(2)13-11-6-4-3-5-10(11)7-8-12-13;1-2;/h3-6,9,12H,7-8H2,1-2H3;1-2H3;1H4. The highest BCUT2D eigenvalue weighted by molar-refractivity contribution is 5.54. The lowest BCUT2D eigenvalue weighted by atomic mass is 10.1. The first-order valence-electron chi connectivity index (χ1n) is 5.89. The molecule has 0 amide bonds. The third-order valence-corrected chi connectivity index (χ3v) is 2.44. The first kappa shape index (κ1) is 15.0. The van der Waals surface area contributed by atoms with E-state index in [4.69, 9.17) is 0 Å². The summed E-state index contributed by atoms with van der Waals surface area (Å²) >= 11 is 0. The molecule has 0 bridgehead atoms. The van der Waals surface area contributed by atoms with Gasteiger partial charge in [0.2, 0.25) is 0 Å². The summed E-state index contributed by atoms with van der Waals surface area (Å²) in [5.41, 5.74) is 6.20. The summed E-state index contributed by atoms with van der Waals surface area (Å²) in [7, 11) is 0. The molecule has 0 spiro atoms. The van der Waals surface area contributed by atoms with Crippen LogP contribution in [0.15, 0.2) is 24.3 Å². The minimum Gasteiger partial charge on any atom is -0.306 e. The first-order valence-corrected chi connectivity index (χ1v) is 5.89. The van der Waals surface area contributed by atoms with Gasteiger partial charge in [0.25, 0.3) is 0 Å². The van der Waals surface area contributed by atoms with E-state index in [1.807, 2.05) is 13.8 Å². The number of hydrogen-bond acceptors (Lipinski definition) is 2. The van der Waals surface area contributed by atoms with Crippen LogP contribution in [-0.4, -0.2) is 12.6 Å². The van der Waals surface area contributed by atoms with Crippen LogP contribution in [0.3, 0.4) is 0 Å². The number of fused-ring (bicyclic) bond motifs is 1. The second-order valence-electron chi connectivity index (χ2n) is 3.75. The van der Waals surface area contributed by atoms with Gasteiger partial charge in [0.05, 0.1) is 5.69 Å². The highest BCUT2D eigenvalue weighted by Crippen LogP contribution is 2.23. The molecule has 2 heteroatoms. The zero-order valence-electron chi connectivity index (χ0n) is 10.2. The van der Waals surface area contributed by atoms with Crippen LogP contribution in [-0.2, 0) is 6.42 Å². The van der Waals surface area contributed by atoms with E-state index < -0.39 is 0 Å². The lowest BCUT2D eigenvalue weighted by Gasteiger charge is -2.35. The molecule has 1 aromatic rings. The molecule has 92 valence electrons. The number of benzene rings is 1. The van der Waals surface area contributed by atoms with Gasteiger partial charge in [-0.2, -0.15) is 0 Å². The van der Waals surface area contributed by atoms with Crippen LogP contribution in [0.2, 0.25) is 0 Å². The fourth-order valence-corrected chi connectivity index (χ4v) is 1.81. The molecular weight excluding hydrogens is 196 g/mol. The predicted molar refractivity (Wildman–Crippen MR) is 73.8 cm³/mol. The number of anilines is 1. The lowest BCUT2D eigenvalue weighted by Crippen LogP contribution is -2.47. The van der Waals surface area contributed by atoms with Crippen molar-refractivity contribution in [2.24, 2.45) is 0 Å². The first-order chi connectivity index (χ1) is 7.29. The van der Waals surface area contributed by atoms with Gasteiger partial charge < -0.3 is 5.01 Å². The summed E-state index contributed by atoms with van der Waals surface area (Å²) in [5.74, 6) is 0. The molecule has 1 aromatic carbocycles. The zero-order chi connectivity index (χ0) is 11.3. The van der Waals surface area contributed by atoms with Gasteiger partial charge in [0.1, 0.15) is 0 Å². The number of para-hydroxylation sites is 1. The largest absolute Gasteiger partial charge is 0.306 e. The average molecular weight is 222 g/mol. The molecule has 2 rings (SSSR count). The van der Waals surface area contributed by atoms with Crippen molar-refractivity contribution in [3.05, 3.63) is 29.8 Å². The van der Waals surface area contributed by atoms with Crippen LogP contribution >= 0.6 is 0 Å². The minimum absolute atomic E-state index is 0. The molecule has 0 unspecified atom stereocenters. The van der Waals surface area contributed by atoms with Gasteiger partial charge in [0, 0.05) is 12.6 Å². The van der Waals surface area contributed by atoms with E-state index in [-0.39, 0.29) is 7.43 Å². The van der Waals surface area contributed by atoms with Gasteiger partial charge in [-0.25, -0.2) is 5.43 Å². The van der Waals surface area contributed by atoms with Gasteiger partial charge in [-0.15, -0.1) is 0 Å². The molecule has 1 aliphatic rings. The van der Waals surface area contributed by atoms with Crippen LogP contribution in [0.5, 0.6) is 0 Å². The summed E-state index contributed by atoms with van der Waals surface area (Å²) in [4.78, 5) is 0. The Morgan fingerprint density at radius 2 is 1.81 bits per heavy atom. The molecule has 0 aliphatic carbocycles. The van der Waals surface area contributed by atoms with Crippen molar-refractivity contribution >= 4 is 5.69 Å². The van der Waals surface area contributed by atoms with Crippen molar-refractivity contribution in [2.75, 3.05) is 11.6 Å². The molecule has 16 heavy (non-hydrogen) atoms. The third-order valence-electron chi connectivity index (χ3n) is 2.44. The van der Waals surface area contributed by atoms with E-state index in [1.54, 1.807) is 0 Å².